The Morgan fingerprint density at radius 3 is 2.44 bits per heavy atom. The minimum absolute atomic E-state index is 0.0743. The standard InChI is InChI=1S/C31H22F4N4O4/c1-42-11-10-39-27(37-26-8-6-20(31(40)41)28(35)29(26)39)13-19-12-24(34)21(14-23(19)33)25-9-7-22(32)30(38-25)43-16-18-4-2-17(15-36)3-5-18/h2-9,12,14H,10-11,13,16H2,1H3,(H,40,41). The van der Waals surface area contributed by atoms with Crippen molar-refractivity contribution in [2.24, 2.45) is 0 Å². The van der Waals surface area contributed by atoms with Gasteiger partial charge < -0.3 is 19.1 Å². The van der Waals surface area contributed by atoms with Crippen molar-refractivity contribution in [2.45, 2.75) is 19.6 Å². The van der Waals surface area contributed by atoms with Gasteiger partial charge in [-0.1, -0.05) is 12.1 Å². The summed E-state index contributed by atoms with van der Waals surface area (Å²) in [5.74, 6) is -5.18. The molecule has 0 bridgehead atoms. The van der Waals surface area contributed by atoms with Crippen LogP contribution in [0.2, 0.25) is 0 Å². The molecule has 8 nitrogen and oxygen atoms in total. The normalized spacial score (nSPS) is 11.1. The topological polar surface area (TPSA) is 110 Å². The number of benzene rings is 3. The fourth-order valence-corrected chi connectivity index (χ4v) is 4.55. The number of hydrogen-bond acceptors (Lipinski definition) is 6. The smallest absolute Gasteiger partial charge is 0.338 e. The van der Waals surface area contributed by atoms with Crippen LogP contribution in [0.15, 0.2) is 60.7 Å². The quantitative estimate of drug-likeness (QED) is 0.198. The molecule has 0 fully saturated rings. The fraction of sp³-hybridized carbons (Fsp3) is 0.161. The molecule has 0 atom stereocenters. The molecule has 2 aromatic heterocycles. The van der Waals surface area contributed by atoms with E-state index in [2.05, 4.69) is 9.97 Å². The molecule has 0 saturated carbocycles. The van der Waals surface area contributed by atoms with Crippen LogP contribution in [-0.2, 0) is 24.3 Å². The summed E-state index contributed by atoms with van der Waals surface area (Å²) in [6, 6.07) is 14.9. The maximum absolute atomic E-state index is 15.4. The number of aromatic carboxylic acids is 1. The van der Waals surface area contributed by atoms with Gasteiger partial charge in [-0.2, -0.15) is 5.26 Å². The first-order valence-electron chi connectivity index (χ1n) is 12.9. The predicted molar refractivity (Wildman–Crippen MR) is 146 cm³/mol. The van der Waals surface area contributed by atoms with Gasteiger partial charge in [-0.25, -0.2) is 32.3 Å². The largest absolute Gasteiger partial charge is 0.478 e. The van der Waals surface area contributed by atoms with Crippen LogP contribution in [0.4, 0.5) is 17.6 Å². The van der Waals surface area contributed by atoms with Crippen molar-refractivity contribution >= 4 is 17.0 Å². The lowest BCUT2D eigenvalue weighted by atomic mass is 10.0. The maximum Gasteiger partial charge on any atom is 0.338 e. The van der Waals surface area contributed by atoms with E-state index in [-0.39, 0.29) is 59.9 Å². The molecule has 0 aliphatic heterocycles. The van der Waals surface area contributed by atoms with Crippen molar-refractivity contribution in [3.63, 3.8) is 0 Å². The van der Waals surface area contributed by atoms with Gasteiger partial charge in [0.2, 0.25) is 0 Å². The Balaban J connectivity index is 1.44. The van der Waals surface area contributed by atoms with Crippen LogP contribution in [-0.4, -0.2) is 39.3 Å². The van der Waals surface area contributed by atoms with E-state index in [1.54, 1.807) is 24.3 Å². The van der Waals surface area contributed by atoms with Crippen molar-refractivity contribution < 1.29 is 36.9 Å². The first kappa shape index (κ1) is 29.2. The van der Waals surface area contributed by atoms with Gasteiger partial charge in [0.15, 0.2) is 11.6 Å². The Hall–Kier alpha value is -5.28. The monoisotopic (exact) mass is 590 g/mol. The van der Waals surface area contributed by atoms with Crippen LogP contribution >= 0.6 is 0 Å². The van der Waals surface area contributed by atoms with Crippen LogP contribution in [0.3, 0.4) is 0 Å². The minimum Gasteiger partial charge on any atom is -0.478 e. The molecule has 1 N–H and O–H groups in total. The molecule has 0 aliphatic carbocycles. The van der Waals surface area contributed by atoms with E-state index in [0.717, 1.165) is 24.3 Å². The van der Waals surface area contributed by atoms with Crippen LogP contribution in [0.25, 0.3) is 22.3 Å². The first-order chi connectivity index (χ1) is 20.7. The van der Waals surface area contributed by atoms with Crippen molar-refractivity contribution in [3.05, 3.63) is 112 Å². The van der Waals surface area contributed by atoms with Gasteiger partial charge in [-0.3, -0.25) is 0 Å². The number of imidazole rings is 1. The number of hydrogen-bond donors (Lipinski definition) is 1. The number of methoxy groups -OCH3 is 1. The number of ether oxygens (including phenoxy) is 2. The lowest BCUT2D eigenvalue weighted by Gasteiger charge is -2.12. The number of halogens is 4. The van der Waals surface area contributed by atoms with Crippen molar-refractivity contribution in [1.82, 2.24) is 14.5 Å². The third-order valence-corrected chi connectivity index (χ3v) is 6.71. The summed E-state index contributed by atoms with van der Waals surface area (Å²) in [6.45, 7) is 0.125. The van der Waals surface area contributed by atoms with Gasteiger partial charge >= 0.3 is 5.97 Å². The SMILES string of the molecule is COCCn1c(Cc2cc(F)c(-c3ccc(F)c(OCc4ccc(C#N)cc4)n3)cc2F)nc2ccc(C(=O)O)c(F)c21. The number of carbonyl (C=O) groups is 1. The van der Waals surface area contributed by atoms with E-state index in [1.807, 2.05) is 6.07 Å². The van der Waals surface area contributed by atoms with Gasteiger partial charge in [-0.05, 0) is 59.7 Å². The molecule has 0 radical (unpaired) electrons. The number of carboxylic acid groups (broad SMARTS) is 1. The Labute approximate surface area is 242 Å². The van der Waals surface area contributed by atoms with Crippen LogP contribution in [0, 0.1) is 34.6 Å². The van der Waals surface area contributed by atoms with Crippen LogP contribution < -0.4 is 4.74 Å². The Kier molecular flexibility index (Phi) is 8.36. The van der Waals surface area contributed by atoms with E-state index in [4.69, 9.17) is 14.7 Å². The summed E-state index contributed by atoms with van der Waals surface area (Å²) in [5.41, 5.74) is 0.179. The van der Waals surface area contributed by atoms with E-state index >= 15 is 13.2 Å². The molecule has 0 unspecified atom stereocenters. The summed E-state index contributed by atoms with van der Waals surface area (Å²) in [7, 11) is 1.43. The maximum atomic E-state index is 15.4. The number of aromatic nitrogens is 3. The summed E-state index contributed by atoms with van der Waals surface area (Å²) in [5, 5.41) is 18.2. The van der Waals surface area contributed by atoms with E-state index in [9.17, 15) is 14.3 Å². The highest BCUT2D eigenvalue weighted by Gasteiger charge is 2.22. The average molecular weight is 591 g/mol. The van der Waals surface area contributed by atoms with E-state index in [0.29, 0.717) is 11.1 Å². The van der Waals surface area contributed by atoms with Gasteiger partial charge in [-0.15, -0.1) is 0 Å². The molecular weight excluding hydrogens is 568 g/mol. The molecule has 5 aromatic rings. The van der Waals surface area contributed by atoms with Gasteiger partial charge in [0.25, 0.3) is 5.88 Å². The average Bonchev–Trinajstić information content (AvgIpc) is 3.35. The second-order valence-corrected chi connectivity index (χ2v) is 9.45. The molecule has 3 aromatic carbocycles. The molecule has 218 valence electrons. The number of fused-ring (bicyclic) bond motifs is 1. The van der Waals surface area contributed by atoms with Crippen molar-refractivity contribution in [1.29, 1.82) is 5.26 Å². The Morgan fingerprint density at radius 1 is 0.977 bits per heavy atom. The molecule has 43 heavy (non-hydrogen) atoms. The second kappa shape index (κ2) is 12.3. The number of carboxylic acids is 1. The fourth-order valence-electron chi connectivity index (χ4n) is 4.55. The first-order valence-corrected chi connectivity index (χ1v) is 12.9. The zero-order valence-electron chi connectivity index (χ0n) is 22.6. The highest BCUT2D eigenvalue weighted by atomic mass is 19.1. The molecule has 0 saturated heterocycles. The third kappa shape index (κ3) is 6.02. The number of nitriles is 1. The summed E-state index contributed by atoms with van der Waals surface area (Å²) in [6.07, 6.45) is -0.251. The minimum atomic E-state index is -1.46. The zero-order chi connectivity index (χ0) is 30.7. The summed E-state index contributed by atoms with van der Waals surface area (Å²) < 4.78 is 72.2. The Morgan fingerprint density at radius 2 is 1.74 bits per heavy atom. The molecule has 2 heterocycles. The van der Waals surface area contributed by atoms with Gasteiger partial charge in [0.05, 0.1) is 35.0 Å². The molecule has 0 aliphatic rings. The zero-order valence-corrected chi connectivity index (χ0v) is 22.6. The molecule has 0 spiro atoms. The lowest BCUT2D eigenvalue weighted by molar-refractivity contribution is 0.0692. The molecular formula is C31H22F4N4O4. The van der Waals surface area contributed by atoms with Gasteiger partial charge in [0.1, 0.15) is 29.6 Å². The van der Waals surface area contributed by atoms with Gasteiger partial charge in [0, 0.05) is 25.6 Å². The third-order valence-electron chi connectivity index (χ3n) is 6.71. The van der Waals surface area contributed by atoms with Crippen LogP contribution in [0.1, 0.15) is 32.9 Å². The number of pyridine rings is 1. The van der Waals surface area contributed by atoms with Crippen LogP contribution in [0.5, 0.6) is 5.88 Å². The lowest BCUT2D eigenvalue weighted by Crippen LogP contribution is -2.11. The molecule has 5 rings (SSSR count). The Bertz CT molecular complexity index is 1880. The number of rotatable bonds is 10. The summed E-state index contributed by atoms with van der Waals surface area (Å²) >= 11 is 0. The second-order valence-electron chi connectivity index (χ2n) is 9.45. The number of nitrogens with zero attached hydrogens (tertiary/aromatic N) is 4. The summed E-state index contributed by atoms with van der Waals surface area (Å²) in [4.78, 5) is 19.8. The predicted octanol–water partition coefficient (Wildman–Crippen LogP) is 6.04. The highest BCUT2D eigenvalue weighted by molar-refractivity contribution is 5.93. The molecule has 12 heteroatoms. The van der Waals surface area contributed by atoms with Crippen molar-refractivity contribution in [2.75, 3.05) is 13.7 Å². The van der Waals surface area contributed by atoms with E-state index in [1.165, 1.54) is 23.8 Å². The molecule has 0 amide bonds. The van der Waals surface area contributed by atoms with E-state index < -0.39 is 40.7 Å². The highest BCUT2D eigenvalue weighted by Crippen LogP contribution is 2.30. The van der Waals surface area contributed by atoms with Crippen molar-refractivity contribution in [3.8, 4) is 23.2 Å².